The lowest BCUT2D eigenvalue weighted by atomic mass is 9.97. The maximum Gasteiger partial charge on any atom is 0.410 e. The molecule has 2 N–H and O–H groups in total. The van der Waals surface area contributed by atoms with Gasteiger partial charge in [-0.15, -0.1) is 0 Å². The summed E-state index contributed by atoms with van der Waals surface area (Å²) < 4.78 is 7.18. The number of nitrogens with two attached hydrogens (primary N) is 1. The van der Waals surface area contributed by atoms with E-state index in [0.717, 1.165) is 5.69 Å². The minimum Gasteiger partial charge on any atom is -0.444 e. The molecule has 1 fully saturated rings. The van der Waals surface area contributed by atoms with Gasteiger partial charge < -0.3 is 15.4 Å². The number of ether oxygens (including phenoxy) is 1. The molecular weight excluding hydrogens is 268 g/mol. The second-order valence-electron chi connectivity index (χ2n) is 7.66. The Morgan fingerprint density at radius 1 is 1.29 bits per heavy atom. The number of nitrogen functional groups attached to an aromatic ring is 1. The third kappa shape index (κ3) is 3.49. The lowest BCUT2D eigenvalue weighted by Gasteiger charge is -2.39. The van der Waals surface area contributed by atoms with Crippen LogP contribution in [0, 0.1) is 0 Å². The number of hydrogen-bond acceptors (Lipinski definition) is 4. The van der Waals surface area contributed by atoms with Gasteiger partial charge in [0, 0.05) is 25.1 Å². The number of amides is 1. The molecule has 1 aromatic rings. The first-order chi connectivity index (χ1) is 9.47. The number of likely N-dealkylation sites (tertiary alicyclic amines) is 1. The van der Waals surface area contributed by atoms with Crippen molar-refractivity contribution in [2.24, 2.45) is 0 Å². The Morgan fingerprint density at radius 3 is 2.29 bits per heavy atom. The average Bonchev–Trinajstić information content (AvgIpc) is 2.54. The van der Waals surface area contributed by atoms with E-state index in [4.69, 9.17) is 10.5 Å². The summed E-state index contributed by atoms with van der Waals surface area (Å²) in [7, 11) is 0. The summed E-state index contributed by atoms with van der Waals surface area (Å²) in [5.74, 6) is 0.900. The molecule has 0 aliphatic carbocycles. The fraction of sp³-hybridized carbons (Fsp3) is 0.733. The van der Waals surface area contributed by atoms with Crippen LogP contribution in [-0.4, -0.2) is 39.5 Å². The zero-order valence-corrected chi connectivity index (χ0v) is 13.8. The molecule has 1 saturated heterocycles. The SMILES string of the molecule is CC(C)(C)OC(=O)N1CC(c2cc(N)n(C(C)(C)C)n2)C1. The standard InChI is InChI=1S/C15H26N4O2/c1-14(2,3)19-12(16)7-11(17-19)10-8-18(9-10)13(20)21-15(4,5)6/h7,10H,8-9,16H2,1-6H3. The summed E-state index contributed by atoms with van der Waals surface area (Å²) in [6.07, 6.45) is -0.262. The largest absolute Gasteiger partial charge is 0.444 e. The zero-order valence-electron chi connectivity index (χ0n) is 13.8. The van der Waals surface area contributed by atoms with Gasteiger partial charge in [-0.3, -0.25) is 0 Å². The molecular formula is C15H26N4O2. The summed E-state index contributed by atoms with van der Waals surface area (Å²) in [5, 5.41) is 4.58. The van der Waals surface area contributed by atoms with E-state index >= 15 is 0 Å². The molecule has 0 unspecified atom stereocenters. The summed E-state index contributed by atoms with van der Waals surface area (Å²) in [6.45, 7) is 13.1. The molecule has 2 heterocycles. The summed E-state index contributed by atoms with van der Waals surface area (Å²) in [4.78, 5) is 13.6. The van der Waals surface area contributed by atoms with Gasteiger partial charge in [-0.1, -0.05) is 0 Å². The molecule has 1 aliphatic heterocycles. The smallest absolute Gasteiger partial charge is 0.410 e. The van der Waals surface area contributed by atoms with Gasteiger partial charge in [0.05, 0.1) is 11.2 Å². The lowest BCUT2D eigenvalue weighted by molar-refractivity contribution is 0.00778. The van der Waals surface area contributed by atoms with Crippen LogP contribution >= 0.6 is 0 Å². The highest BCUT2D eigenvalue weighted by molar-refractivity contribution is 5.69. The Labute approximate surface area is 126 Å². The fourth-order valence-corrected chi connectivity index (χ4v) is 2.29. The third-order valence-electron chi connectivity index (χ3n) is 3.34. The molecule has 0 atom stereocenters. The van der Waals surface area contributed by atoms with Crippen molar-refractivity contribution >= 4 is 11.9 Å². The summed E-state index contributed by atoms with van der Waals surface area (Å²) in [5.41, 5.74) is 6.36. The van der Waals surface area contributed by atoms with Crippen LogP contribution in [0.4, 0.5) is 10.6 Å². The lowest BCUT2D eigenvalue weighted by Crippen LogP contribution is -2.50. The number of aromatic nitrogens is 2. The van der Waals surface area contributed by atoms with Crippen molar-refractivity contribution in [2.75, 3.05) is 18.8 Å². The van der Waals surface area contributed by atoms with Gasteiger partial charge in [0.25, 0.3) is 0 Å². The molecule has 1 amide bonds. The molecule has 1 aromatic heterocycles. The van der Waals surface area contributed by atoms with Crippen molar-refractivity contribution in [3.8, 4) is 0 Å². The minimum atomic E-state index is -0.458. The second kappa shape index (κ2) is 4.93. The molecule has 1 aliphatic rings. The quantitative estimate of drug-likeness (QED) is 0.864. The van der Waals surface area contributed by atoms with Gasteiger partial charge in [0.2, 0.25) is 0 Å². The van der Waals surface area contributed by atoms with Crippen LogP contribution in [0.1, 0.15) is 53.2 Å². The predicted molar refractivity (Wildman–Crippen MR) is 82.2 cm³/mol. The van der Waals surface area contributed by atoms with E-state index in [1.54, 1.807) is 4.90 Å². The molecule has 6 heteroatoms. The molecule has 118 valence electrons. The topological polar surface area (TPSA) is 73.4 Å². The Morgan fingerprint density at radius 2 is 1.86 bits per heavy atom. The number of anilines is 1. The number of carbonyl (C=O) groups is 1. The van der Waals surface area contributed by atoms with E-state index < -0.39 is 5.60 Å². The second-order valence-corrected chi connectivity index (χ2v) is 7.66. The molecule has 0 saturated carbocycles. The summed E-state index contributed by atoms with van der Waals surface area (Å²) >= 11 is 0. The van der Waals surface area contributed by atoms with Crippen molar-refractivity contribution in [1.82, 2.24) is 14.7 Å². The van der Waals surface area contributed by atoms with Crippen molar-refractivity contribution in [3.05, 3.63) is 11.8 Å². The molecule has 0 spiro atoms. The molecule has 0 radical (unpaired) electrons. The number of hydrogen-bond donors (Lipinski definition) is 1. The van der Waals surface area contributed by atoms with Crippen molar-refractivity contribution < 1.29 is 9.53 Å². The maximum absolute atomic E-state index is 11.9. The molecule has 2 rings (SSSR count). The average molecular weight is 294 g/mol. The van der Waals surface area contributed by atoms with Crippen LogP contribution in [0.2, 0.25) is 0 Å². The first kappa shape index (κ1) is 15.7. The van der Waals surface area contributed by atoms with Crippen LogP contribution in [-0.2, 0) is 10.3 Å². The van der Waals surface area contributed by atoms with E-state index in [1.165, 1.54) is 0 Å². The van der Waals surface area contributed by atoms with E-state index in [9.17, 15) is 4.79 Å². The maximum atomic E-state index is 11.9. The zero-order chi connectivity index (χ0) is 16.0. The number of nitrogens with zero attached hydrogens (tertiary/aromatic N) is 3. The predicted octanol–water partition coefficient (Wildman–Crippen LogP) is 2.55. The van der Waals surface area contributed by atoms with E-state index in [-0.39, 0.29) is 17.6 Å². The fourth-order valence-electron chi connectivity index (χ4n) is 2.29. The molecule has 0 aromatic carbocycles. The normalized spacial score (nSPS) is 16.8. The van der Waals surface area contributed by atoms with Gasteiger partial charge in [0.1, 0.15) is 11.4 Å². The number of carbonyl (C=O) groups excluding carboxylic acids is 1. The van der Waals surface area contributed by atoms with E-state index in [1.807, 2.05) is 31.5 Å². The Balaban J connectivity index is 1.98. The van der Waals surface area contributed by atoms with Crippen LogP contribution in [0.3, 0.4) is 0 Å². The highest BCUT2D eigenvalue weighted by atomic mass is 16.6. The Hall–Kier alpha value is -1.72. The third-order valence-corrected chi connectivity index (χ3v) is 3.34. The van der Waals surface area contributed by atoms with Crippen LogP contribution < -0.4 is 5.73 Å². The highest BCUT2D eigenvalue weighted by Gasteiger charge is 2.36. The first-order valence-corrected chi connectivity index (χ1v) is 7.31. The van der Waals surface area contributed by atoms with E-state index in [2.05, 4.69) is 25.9 Å². The van der Waals surface area contributed by atoms with Crippen molar-refractivity contribution in [2.45, 2.75) is 58.6 Å². The van der Waals surface area contributed by atoms with Crippen LogP contribution in [0.15, 0.2) is 6.07 Å². The van der Waals surface area contributed by atoms with E-state index in [0.29, 0.717) is 18.9 Å². The van der Waals surface area contributed by atoms with Gasteiger partial charge in [-0.05, 0) is 41.5 Å². The van der Waals surface area contributed by atoms with Crippen molar-refractivity contribution in [3.63, 3.8) is 0 Å². The van der Waals surface area contributed by atoms with Gasteiger partial charge >= 0.3 is 6.09 Å². The minimum absolute atomic E-state index is 0.142. The Kier molecular flexibility index (Phi) is 3.68. The van der Waals surface area contributed by atoms with Crippen molar-refractivity contribution in [1.29, 1.82) is 0 Å². The first-order valence-electron chi connectivity index (χ1n) is 7.31. The number of rotatable bonds is 1. The molecule has 0 bridgehead atoms. The Bertz CT molecular complexity index is 531. The van der Waals surface area contributed by atoms with Gasteiger partial charge in [0.15, 0.2) is 0 Å². The van der Waals surface area contributed by atoms with Gasteiger partial charge in [-0.25, -0.2) is 9.48 Å². The van der Waals surface area contributed by atoms with Gasteiger partial charge in [-0.2, -0.15) is 5.10 Å². The van der Waals surface area contributed by atoms with Crippen LogP contribution in [0.5, 0.6) is 0 Å². The summed E-state index contributed by atoms with van der Waals surface area (Å²) in [6, 6.07) is 1.91. The monoisotopic (exact) mass is 294 g/mol. The molecule has 21 heavy (non-hydrogen) atoms. The molecule has 6 nitrogen and oxygen atoms in total. The highest BCUT2D eigenvalue weighted by Crippen LogP contribution is 2.30. The van der Waals surface area contributed by atoms with Crippen LogP contribution in [0.25, 0.3) is 0 Å².